The van der Waals surface area contributed by atoms with Crippen molar-refractivity contribution in [2.45, 2.75) is 19.6 Å². The maximum Gasteiger partial charge on any atom is 0.252 e. The van der Waals surface area contributed by atoms with Gasteiger partial charge >= 0.3 is 0 Å². The molecule has 1 radical (unpaired) electrons. The molecule has 0 bridgehead atoms. The van der Waals surface area contributed by atoms with Crippen molar-refractivity contribution in [3.8, 4) is 0 Å². The van der Waals surface area contributed by atoms with Crippen molar-refractivity contribution < 1.29 is 19.3 Å². The van der Waals surface area contributed by atoms with E-state index >= 15 is 0 Å². The van der Waals surface area contributed by atoms with Gasteiger partial charge in [-0.25, -0.2) is 0 Å². The summed E-state index contributed by atoms with van der Waals surface area (Å²) >= 11 is 0. The van der Waals surface area contributed by atoms with E-state index in [9.17, 15) is 5.11 Å². The molecule has 0 amide bonds. The molecule has 63 valence electrons. The van der Waals surface area contributed by atoms with Crippen LogP contribution in [-0.4, -0.2) is 19.7 Å². The summed E-state index contributed by atoms with van der Waals surface area (Å²) in [6.07, 6.45) is 0.901. The molecule has 4 nitrogen and oxygen atoms in total. The molecular formula is C7H11O4. The van der Waals surface area contributed by atoms with Gasteiger partial charge in [-0.3, -0.25) is 0 Å². The Morgan fingerprint density at radius 1 is 1.82 bits per heavy atom. The normalized spacial score (nSPS) is 18.5. The van der Waals surface area contributed by atoms with Gasteiger partial charge in [-0.2, -0.15) is 5.11 Å². The van der Waals surface area contributed by atoms with E-state index < -0.39 is 6.29 Å². The van der Waals surface area contributed by atoms with Crippen LogP contribution in [-0.2, 0) is 19.3 Å². The van der Waals surface area contributed by atoms with Crippen LogP contribution in [0.5, 0.6) is 0 Å². The van der Waals surface area contributed by atoms with Crippen LogP contribution < -0.4 is 0 Å². The van der Waals surface area contributed by atoms with Crippen LogP contribution in [0.1, 0.15) is 13.3 Å². The molecule has 0 saturated carbocycles. The third-order valence-corrected chi connectivity index (χ3v) is 1.20. The number of hydrogen-bond acceptors (Lipinski definition) is 3. The second kappa shape index (κ2) is 4.20. The lowest BCUT2D eigenvalue weighted by atomic mass is 10.5. The second-order valence-electron chi connectivity index (χ2n) is 2.15. The molecule has 0 fully saturated rings. The van der Waals surface area contributed by atoms with E-state index in [-0.39, 0.29) is 12.6 Å². The van der Waals surface area contributed by atoms with Crippen molar-refractivity contribution in [1.82, 2.24) is 0 Å². The first-order chi connectivity index (χ1) is 5.34. The fraction of sp³-hybridized carbons (Fsp3) is 0.714. The Kier molecular flexibility index (Phi) is 3.19. The maximum absolute atomic E-state index is 11.0. The highest BCUT2D eigenvalue weighted by atomic mass is 16.7. The monoisotopic (exact) mass is 159 g/mol. The summed E-state index contributed by atoms with van der Waals surface area (Å²) < 4.78 is 14.4. The molecule has 1 atom stereocenters. The van der Waals surface area contributed by atoms with Gasteiger partial charge in [0.1, 0.15) is 6.26 Å². The topological polar surface area (TPSA) is 47.6 Å². The summed E-state index contributed by atoms with van der Waals surface area (Å²) in [7, 11) is 0. The second-order valence-corrected chi connectivity index (χ2v) is 2.15. The maximum atomic E-state index is 11.0. The molecule has 11 heavy (non-hydrogen) atoms. The Labute approximate surface area is 65.4 Å². The Morgan fingerprint density at radius 3 is 3.18 bits per heavy atom. The van der Waals surface area contributed by atoms with Gasteiger partial charge in [0.15, 0.2) is 5.76 Å². The van der Waals surface area contributed by atoms with Crippen LogP contribution in [0.2, 0.25) is 0 Å². The van der Waals surface area contributed by atoms with Gasteiger partial charge in [-0.05, 0) is 6.42 Å². The lowest BCUT2D eigenvalue weighted by molar-refractivity contribution is -0.139. The molecule has 1 aliphatic rings. The van der Waals surface area contributed by atoms with E-state index in [4.69, 9.17) is 14.2 Å². The van der Waals surface area contributed by atoms with Crippen LogP contribution in [0.3, 0.4) is 0 Å². The number of rotatable bonds is 4. The highest BCUT2D eigenvalue weighted by molar-refractivity contribution is 4.93. The molecule has 1 rings (SSSR count). The van der Waals surface area contributed by atoms with Gasteiger partial charge in [0.25, 0.3) is 6.29 Å². The number of ether oxygens (including phenoxy) is 3. The molecule has 0 aromatic carbocycles. The highest BCUT2D eigenvalue weighted by Gasteiger charge is 2.18. The summed E-state index contributed by atoms with van der Waals surface area (Å²) in [6.45, 7) is 2.52. The summed E-state index contributed by atoms with van der Waals surface area (Å²) in [6, 6.07) is 0. The van der Waals surface area contributed by atoms with E-state index in [0.717, 1.165) is 6.42 Å². The van der Waals surface area contributed by atoms with Crippen molar-refractivity contribution in [1.29, 1.82) is 0 Å². The highest BCUT2D eigenvalue weighted by Crippen LogP contribution is 2.12. The first-order valence-electron chi connectivity index (χ1n) is 3.56. The lowest BCUT2D eigenvalue weighted by Crippen LogP contribution is -2.14. The molecular weight excluding hydrogens is 148 g/mol. The first-order valence-corrected chi connectivity index (χ1v) is 3.56. The third kappa shape index (κ3) is 2.40. The Morgan fingerprint density at radius 2 is 2.64 bits per heavy atom. The molecule has 1 heterocycles. The fourth-order valence-corrected chi connectivity index (χ4v) is 0.683. The molecule has 0 aliphatic carbocycles. The zero-order valence-corrected chi connectivity index (χ0v) is 6.41. The van der Waals surface area contributed by atoms with Gasteiger partial charge < -0.3 is 14.2 Å². The molecule has 0 aromatic rings. The fourth-order valence-electron chi connectivity index (χ4n) is 0.683. The molecule has 0 aromatic heterocycles. The lowest BCUT2D eigenvalue weighted by Gasteiger charge is -2.07. The molecule has 0 N–H and O–H groups in total. The third-order valence-electron chi connectivity index (χ3n) is 1.20. The van der Waals surface area contributed by atoms with Gasteiger partial charge in [0, 0.05) is 0 Å². The molecule has 4 heteroatoms. The summed E-state index contributed by atoms with van der Waals surface area (Å²) in [5.74, 6) is 0.235. The smallest absolute Gasteiger partial charge is 0.252 e. The van der Waals surface area contributed by atoms with Gasteiger partial charge in [0.05, 0.1) is 6.61 Å². The number of hydrogen-bond donors (Lipinski definition) is 0. The largest absolute Gasteiger partial charge is 0.461 e. The van der Waals surface area contributed by atoms with E-state index in [2.05, 4.69) is 0 Å². The van der Waals surface area contributed by atoms with Gasteiger partial charge in [-0.15, -0.1) is 0 Å². The summed E-state index contributed by atoms with van der Waals surface area (Å²) in [5.41, 5.74) is 0. The molecule has 1 unspecified atom stereocenters. The van der Waals surface area contributed by atoms with Crippen LogP contribution in [0.15, 0.2) is 12.0 Å². The van der Waals surface area contributed by atoms with Crippen molar-refractivity contribution in [2.24, 2.45) is 0 Å². The van der Waals surface area contributed by atoms with E-state index in [0.29, 0.717) is 6.61 Å². The van der Waals surface area contributed by atoms with Gasteiger partial charge in [0.2, 0.25) is 6.79 Å². The van der Waals surface area contributed by atoms with Crippen molar-refractivity contribution >= 4 is 0 Å². The average molecular weight is 159 g/mol. The Balaban J connectivity index is 2.23. The van der Waals surface area contributed by atoms with E-state index in [1.165, 1.54) is 6.26 Å². The van der Waals surface area contributed by atoms with Crippen LogP contribution >= 0.6 is 0 Å². The van der Waals surface area contributed by atoms with Crippen molar-refractivity contribution in [3.05, 3.63) is 12.0 Å². The summed E-state index contributed by atoms with van der Waals surface area (Å²) in [5, 5.41) is 11.0. The van der Waals surface area contributed by atoms with Crippen LogP contribution in [0.25, 0.3) is 0 Å². The summed E-state index contributed by atoms with van der Waals surface area (Å²) in [4.78, 5) is 0. The predicted octanol–water partition coefficient (Wildman–Crippen LogP) is 1.02. The minimum absolute atomic E-state index is 0.129. The van der Waals surface area contributed by atoms with E-state index in [1.807, 2.05) is 6.92 Å². The first kappa shape index (κ1) is 8.36. The average Bonchev–Trinajstić information content (AvgIpc) is 2.52. The molecule has 1 aliphatic heterocycles. The Hall–Kier alpha value is -0.740. The standard InChI is InChI=1S/C7H11O4/c1-2-3-10-7(8)6-4-9-5-11-6/h4,7H,2-3,5H2,1H3. The zero-order chi connectivity index (χ0) is 8.10. The van der Waals surface area contributed by atoms with Crippen molar-refractivity contribution in [2.75, 3.05) is 13.4 Å². The predicted molar refractivity (Wildman–Crippen MR) is 35.8 cm³/mol. The minimum atomic E-state index is -1.22. The zero-order valence-electron chi connectivity index (χ0n) is 6.41. The Bertz CT molecular complexity index is 143. The van der Waals surface area contributed by atoms with Gasteiger partial charge in [-0.1, -0.05) is 6.92 Å². The van der Waals surface area contributed by atoms with Crippen molar-refractivity contribution in [3.63, 3.8) is 0 Å². The minimum Gasteiger partial charge on any atom is -0.461 e. The molecule has 0 saturated heterocycles. The van der Waals surface area contributed by atoms with Crippen LogP contribution in [0, 0.1) is 0 Å². The SMILES string of the molecule is CCCOC([O])C1=COCO1. The van der Waals surface area contributed by atoms with E-state index in [1.54, 1.807) is 0 Å². The molecule has 0 spiro atoms. The quantitative estimate of drug-likeness (QED) is 0.575. The van der Waals surface area contributed by atoms with Crippen LogP contribution in [0.4, 0.5) is 0 Å².